The van der Waals surface area contributed by atoms with Crippen molar-refractivity contribution in [1.82, 2.24) is 25.3 Å². The van der Waals surface area contributed by atoms with Gasteiger partial charge in [0.1, 0.15) is 5.01 Å². The molecule has 106 valence electrons. The molecule has 2 amide bonds. The van der Waals surface area contributed by atoms with Gasteiger partial charge < -0.3 is 5.32 Å². The Bertz CT molecular complexity index is 577. The summed E-state index contributed by atoms with van der Waals surface area (Å²) in [5.74, 6) is 0.560. The summed E-state index contributed by atoms with van der Waals surface area (Å²) in [5, 5.41) is 19.3. The molecule has 0 saturated heterocycles. The Morgan fingerprint density at radius 1 is 1.55 bits per heavy atom. The normalized spacial score (nSPS) is 15.8. The first kappa shape index (κ1) is 13.0. The number of nitrogens with zero attached hydrogens (tertiary/aromatic N) is 4. The largest absolute Gasteiger partial charge is 0.333 e. The molecule has 2 N–H and O–H groups in total. The highest BCUT2D eigenvalue weighted by molar-refractivity contribution is 7.15. The second-order valence-corrected chi connectivity index (χ2v) is 5.96. The fraction of sp³-hybridized carbons (Fsp3) is 0.500. The number of amides is 2. The zero-order chi connectivity index (χ0) is 13.9. The predicted molar refractivity (Wildman–Crippen MR) is 75.7 cm³/mol. The topological polar surface area (TPSA) is 84.7 Å². The first-order chi connectivity index (χ1) is 9.70. The lowest BCUT2D eigenvalue weighted by atomic mass is 10.3. The summed E-state index contributed by atoms with van der Waals surface area (Å²) < 4.78 is 1.78. The van der Waals surface area contributed by atoms with Gasteiger partial charge in [-0.15, -0.1) is 10.2 Å². The highest BCUT2D eigenvalue weighted by Crippen LogP contribution is 2.41. The van der Waals surface area contributed by atoms with E-state index in [-0.39, 0.29) is 12.1 Å². The van der Waals surface area contributed by atoms with E-state index in [4.69, 9.17) is 0 Å². The summed E-state index contributed by atoms with van der Waals surface area (Å²) in [6.45, 7) is 2.56. The van der Waals surface area contributed by atoms with Crippen molar-refractivity contribution in [2.45, 2.75) is 38.3 Å². The molecular weight excluding hydrogens is 276 g/mol. The predicted octanol–water partition coefficient (Wildman–Crippen LogP) is 1.82. The second kappa shape index (κ2) is 5.58. The summed E-state index contributed by atoms with van der Waals surface area (Å²) in [6, 6.07) is 1.57. The van der Waals surface area contributed by atoms with E-state index >= 15 is 0 Å². The van der Waals surface area contributed by atoms with Crippen LogP contribution < -0.4 is 10.6 Å². The van der Waals surface area contributed by atoms with Crippen LogP contribution in [0.4, 0.5) is 9.93 Å². The molecule has 8 heteroatoms. The average Bonchev–Trinajstić information content (AvgIpc) is 2.93. The molecule has 1 aliphatic carbocycles. The molecular formula is C12H16N6OS. The molecule has 1 aliphatic rings. The van der Waals surface area contributed by atoms with Gasteiger partial charge in [-0.25, -0.2) is 4.79 Å². The third-order valence-electron chi connectivity index (χ3n) is 2.99. The van der Waals surface area contributed by atoms with E-state index < -0.39 is 0 Å². The monoisotopic (exact) mass is 292 g/mol. The van der Waals surface area contributed by atoms with Crippen LogP contribution in [-0.4, -0.2) is 32.1 Å². The lowest BCUT2D eigenvalue weighted by Crippen LogP contribution is -2.38. The molecule has 20 heavy (non-hydrogen) atoms. The highest BCUT2D eigenvalue weighted by Gasteiger charge is 2.27. The number of hydrogen-bond donors (Lipinski definition) is 2. The first-order valence-electron chi connectivity index (χ1n) is 6.59. The van der Waals surface area contributed by atoms with Crippen LogP contribution in [0.2, 0.25) is 0 Å². The molecule has 1 fully saturated rings. The number of urea groups is 1. The van der Waals surface area contributed by atoms with Crippen molar-refractivity contribution < 1.29 is 4.79 Å². The summed E-state index contributed by atoms with van der Waals surface area (Å²) >= 11 is 1.45. The Labute approximate surface area is 120 Å². The minimum Gasteiger partial charge on any atom is -0.333 e. The smallest absolute Gasteiger partial charge is 0.321 e. The molecule has 2 aromatic rings. The van der Waals surface area contributed by atoms with E-state index in [0.717, 1.165) is 5.01 Å². The van der Waals surface area contributed by atoms with Crippen molar-refractivity contribution in [3.05, 3.63) is 23.5 Å². The maximum absolute atomic E-state index is 11.8. The van der Waals surface area contributed by atoms with Gasteiger partial charge in [-0.3, -0.25) is 10.00 Å². The van der Waals surface area contributed by atoms with Crippen LogP contribution in [-0.2, 0) is 6.54 Å². The number of carbonyl (C=O) groups is 1. The number of nitrogens with one attached hydrogen (secondary N) is 2. The second-order valence-electron chi connectivity index (χ2n) is 4.95. The Morgan fingerprint density at radius 2 is 2.40 bits per heavy atom. The summed E-state index contributed by atoms with van der Waals surface area (Å²) in [5.41, 5.74) is 0. The van der Waals surface area contributed by atoms with Crippen LogP contribution in [0.3, 0.4) is 0 Å². The van der Waals surface area contributed by atoms with E-state index in [0.29, 0.717) is 17.6 Å². The lowest BCUT2D eigenvalue weighted by molar-refractivity contribution is 0.247. The van der Waals surface area contributed by atoms with Crippen LogP contribution in [0.15, 0.2) is 18.5 Å². The van der Waals surface area contributed by atoms with Crippen LogP contribution in [0.5, 0.6) is 0 Å². The zero-order valence-corrected chi connectivity index (χ0v) is 11.9. The van der Waals surface area contributed by atoms with Crippen molar-refractivity contribution in [1.29, 1.82) is 0 Å². The molecule has 2 aromatic heterocycles. The van der Waals surface area contributed by atoms with Crippen LogP contribution in [0.1, 0.15) is 30.7 Å². The number of carbonyl (C=O) groups excluding carboxylic acids is 1. The van der Waals surface area contributed by atoms with Gasteiger partial charge in [0, 0.05) is 24.4 Å². The number of rotatable bonds is 5. The highest BCUT2D eigenvalue weighted by atomic mass is 32.1. The van der Waals surface area contributed by atoms with Crippen LogP contribution >= 0.6 is 11.3 Å². The fourth-order valence-electron chi connectivity index (χ4n) is 1.87. The molecule has 0 aliphatic heterocycles. The minimum atomic E-state index is -0.261. The number of aromatic nitrogens is 4. The Hall–Kier alpha value is -1.96. The summed E-state index contributed by atoms with van der Waals surface area (Å²) in [6.07, 6.45) is 5.94. The molecule has 2 heterocycles. The molecule has 0 aromatic carbocycles. The van der Waals surface area contributed by atoms with Gasteiger partial charge >= 0.3 is 6.03 Å². The van der Waals surface area contributed by atoms with Gasteiger partial charge in [-0.05, 0) is 25.8 Å². The molecule has 0 spiro atoms. The van der Waals surface area contributed by atoms with Crippen molar-refractivity contribution in [2.75, 3.05) is 5.32 Å². The maximum Gasteiger partial charge on any atom is 0.321 e. The van der Waals surface area contributed by atoms with Crippen LogP contribution in [0.25, 0.3) is 0 Å². The molecule has 0 radical (unpaired) electrons. The van der Waals surface area contributed by atoms with E-state index in [1.807, 2.05) is 19.2 Å². The van der Waals surface area contributed by atoms with E-state index in [1.54, 1.807) is 10.9 Å². The van der Waals surface area contributed by atoms with Gasteiger partial charge in [0.05, 0.1) is 6.54 Å². The van der Waals surface area contributed by atoms with E-state index in [9.17, 15) is 4.79 Å². The third-order valence-corrected chi connectivity index (χ3v) is 3.99. The van der Waals surface area contributed by atoms with E-state index in [2.05, 4.69) is 25.9 Å². The van der Waals surface area contributed by atoms with Crippen LogP contribution in [0, 0.1) is 0 Å². The van der Waals surface area contributed by atoms with Crippen molar-refractivity contribution >= 4 is 22.5 Å². The molecule has 1 saturated carbocycles. The first-order valence-corrected chi connectivity index (χ1v) is 7.40. The Morgan fingerprint density at radius 3 is 3.10 bits per heavy atom. The average molecular weight is 292 g/mol. The zero-order valence-electron chi connectivity index (χ0n) is 11.1. The van der Waals surface area contributed by atoms with Gasteiger partial charge in [0.25, 0.3) is 0 Å². The standard InChI is InChI=1S/C12H16N6OS/c1-8(7-18-6-2-5-13-18)14-11(19)15-12-17-16-10(20-12)9-3-4-9/h2,5-6,8-9H,3-4,7H2,1H3,(H2,14,15,17,19)/t8-/m0/s1. The lowest BCUT2D eigenvalue weighted by Gasteiger charge is -2.13. The SMILES string of the molecule is C[C@@H](Cn1cccn1)NC(=O)Nc1nnc(C2CC2)s1. The summed E-state index contributed by atoms with van der Waals surface area (Å²) in [7, 11) is 0. The Balaban J connectivity index is 1.48. The quantitative estimate of drug-likeness (QED) is 0.880. The molecule has 0 bridgehead atoms. The number of hydrogen-bond acceptors (Lipinski definition) is 5. The van der Waals surface area contributed by atoms with Gasteiger partial charge in [-0.1, -0.05) is 11.3 Å². The fourth-order valence-corrected chi connectivity index (χ4v) is 2.78. The maximum atomic E-state index is 11.8. The molecule has 3 rings (SSSR count). The third kappa shape index (κ3) is 3.32. The Kier molecular flexibility index (Phi) is 3.64. The minimum absolute atomic E-state index is 0.0225. The van der Waals surface area contributed by atoms with Crippen molar-refractivity contribution in [3.63, 3.8) is 0 Å². The summed E-state index contributed by atoms with van der Waals surface area (Å²) in [4.78, 5) is 11.8. The molecule has 7 nitrogen and oxygen atoms in total. The van der Waals surface area contributed by atoms with Crippen molar-refractivity contribution in [3.8, 4) is 0 Å². The van der Waals surface area contributed by atoms with E-state index in [1.165, 1.54) is 24.2 Å². The molecule has 1 atom stereocenters. The molecule has 0 unspecified atom stereocenters. The number of anilines is 1. The van der Waals surface area contributed by atoms with Crippen molar-refractivity contribution in [2.24, 2.45) is 0 Å². The van der Waals surface area contributed by atoms with Gasteiger partial charge in [0.15, 0.2) is 0 Å². The van der Waals surface area contributed by atoms with Gasteiger partial charge in [-0.2, -0.15) is 5.10 Å². The van der Waals surface area contributed by atoms with Gasteiger partial charge in [0.2, 0.25) is 5.13 Å².